The van der Waals surface area contributed by atoms with Crippen LogP contribution in [0.15, 0.2) is 30.3 Å². The highest BCUT2D eigenvalue weighted by Crippen LogP contribution is 2.22. The normalized spacial score (nSPS) is 15.3. The first-order valence-corrected chi connectivity index (χ1v) is 5.23. The number of hydrogen-bond acceptors (Lipinski definition) is 1. The Bertz CT molecular complexity index is 274. The molecule has 0 aliphatic heterocycles. The first-order chi connectivity index (χ1) is 7.16. The second-order valence-electron chi connectivity index (χ2n) is 3.62. The summed E-state index contributed by atoms with van der Waals surface area (Å²) in [5.74, 6) is -0.175. The van der Waals surface area contributed by atoms with E-state index in [0.717, 1.165) is 5.56 Å². The van der Waals surface area contributed by atoms with Gasteiger partial charge in [-0.05, 0) is 12.1 Å². The molecule has 0 radical (unpaired) electrons. The van der Waals surface area contributed by atoms with Gasteiger partial charge in [-0.2, -0.15) is 0 Å². The summed E-state index contributed by atoms with van der Waals surface area (Å²) in [5.41, 5.74) is 0.948. The van der Waals surface area contributed by atoms with E-state index in [-0.39, 0.29) is 5.92 Å². The zero-order valence-electron chi connectivity index (χ0n) is 9.08. The largest absolute Gasteiger partial charge is 0.309 e. The van der Waals surface area contributed by atoms with Gasteiger partial charge in [0.15, 0.2) is 0 Å². The van der Waals surface area contributed by atoms with Crippen LogP contribution in [0, 0.1) is 0 Å². The van der Waals surface area contributed by atoms with E-state index in [1.807, 2.05) is 44.2 Å². The Morgan fingerprint density at radius 3 is 2.27 bits per heavy atom. The van der Waals surface area contributed by atoms with Crippen molar-refractivity contribution in [1.29, 1.82) is 0 Å². The van der Waals surface area contributed by atoms with Crippen LogP contribution < -0.4 is 5.32 Å². The SMILES string of the molecule is CCNC(C(F)F)C(C)c1ccccc1. The lowest BCUT2D eigenvalue weighted by Crippen LogP contribution is -2.39. The smallest absolute Gasteiger partial charge is 0.254 e. The molecule has 1 aromatic carbocycles. The van der Waals surface area contributed by atoms with Gasteiger partial charge < -0.3 is 5.32 Å². The minimum absolute atomic E-state index is 0.175. The molecule has 0 spiro atoms. The highest BCUT2D eigenvalue weighted by atomic mass is 19.3. The molecule has 0 fully saturated rings. The van der Waals surface area contributed by atoms with Crippen LogP contribution in [-0.2, 0) is 0 Å². The van der Waals surface area contributed by atoms with Crippen molar-refractivity contribution >= 4 is 0 Å². The summed E-state index contributed by atoms with van der Waals surface area (Å²) in [6.45, 7) is 4.23. The molecule has 0 bridgehead atoms. The summed E-state index contributed by atoms with van der Waals surface area (Å²) in [6, 6.07) is 8.65. The summed E-state index contributed by atoms with van der Waals surface area (Å²) >= 11 is 0. The fourth-order valence-corrected chi connectivity index (χ4v) is 1.68. The van der Waals surface area contributed by atoms with Crippen LogP contribution in [0.3, 0.4) is 0 Å². The van der Waals surface area contributed by atoms with Gasteiger partial charge in [-0.15, -0.1) is 0 Å². The summed E-state index contributed by atoms with van der Waals surface area (Å²) in [5, 5.41) is 2.83. The van der Waals surface area contributed by atoms with Crippen LogP contribution in [0.5, 0.6) is 0 Å². The Labute approximate surface area is 89.5 Å². The minimum atomic E-state index is -2.33. The third kappa shape index (κ3) is 3.27. The summed E-state index contributed by atoms with van der Waals surface area (Å²) in [7, 11) is 0. The van der Waals surface area contributed by atoms with Crippen LogP contribution in [-0.4, -0.2) is 19.0 Å². The van der Waals surface area contributed by atoms with Crippen LogP contribution in [0.4, 0.5) is 8.78 Å². The van der Waals surface area contributed by atoms with E-state index < -0.39 is 12.5 Å². The number of benzene rings is 1. The zero-order valence-corrected chi connectivity index (χ0v) is 9.08. The van der Waals surface area contributed by atoms with Crippen LogP contribution in [0.1, 0.15) is 25.3 Å². The van der Waals surface area contributed by atoms with Crippen molar-refractivity contribution in [1.82, 2.24) is 5.32 Å². The highest BCUT2D eigenvalue weighted by molar-refractivity contribution is 5.20. The zero-order chi connectivity index (χ0) is 11.3. The average Bonchev–Trinajstić information content (AvgIpc) is 2.26. The molecule has 0 aliphatic carbocycles. The van der Waals surface area contributed by atoms with Crippen molar-refractivity contribution in [2.24, 2.45) is 0 Å². The van der Waals surface area contributed by atoms with E-state index in [9.17, 15) is 8.78 Å². The van der Waals surface area contributed by atoms with Crippen LogP contribution in [0.25, 0.3) is 0 Å². The van der Waals surface area contributed by atoms with Gasteiger partial charge in [0.25, 0.3) is 6.43 Å². The molecular formula is C12H17F2N. The predicted molar refractivity (Wildman–Crippen MR) is 58.3 cm³/mol. The molecule has 2 unspecified atom stereocenters. The maximum Gasteiger partial charge on any atom is 0.254 e. The third-order valence-corrected chi connectivity index (χ3v) is 2.58. The molecule has 1 N–H and O–H groups in total. The maximum absolute atomic E-state index is 12.8. The molecule has 1 rings (SSSR count). The Hall–Kier alpha value is -0.960. The number of halogens is 2. The molecule has 0 aliphatic rings. The van der Waals surface area contributed by atoms with Gasteiger partial charge >= 0.3 is 0 Å². The monoisotopic (exact) mass is 213 g/mol. The summed E-state index contributed by atoms with van der Waals surface area (Å²) in [6.07, 6.45) is -2.33. The standard InChI is InChI=1S/C12H17F2N/c1-3-15-11(12(13)14)9(2)10-7-5-4-6-8-10/h4-9,11-12,15H,3H2,1-2H3. The predicted octanol–water partition coefficient (Wildman–Crippen LogP) is 3.03. The van der Waals surface area contributed by atoms with Gasteiger partial charge in [0.2, 0.25) is 0 Å². The number of rotatable bonds is 5. The van der Waals surface area contributed by atoms with Gasteiger partial charge in [0.1, 0.15) is 0 Å². The van der Waals surface area contributed by atoms with Crippen LogP contribution in [0.2, 0.25) is 0 Å². The lowest BCUT2D eigenvalue weighted by atomic mass is 9.93. The highest BCUT2D eigenvalue weighted by Gasteiger charge is 2.26. The van der Waals surface area contributed by atoms with E-state index in [0.29, 0.717) is 6.54 Å². The molecule has 0 saturated carbocycles. The molecule has 3 heteroatoms. The van der Waals surface area contributed by atoms with Crippen molar-refractivity contribution in [3.8, 4) is 0 Å². The number of hydrogen-bond donors (Lipinski definition) is 1. The lowest BCUT2D eigenvalue weighted by molar-refractivity contribution is 0.0885. The molecule has 84 valence electrons. The Balaban J connectivity index is 2.76. The molecular weight excluding hydrogens is 196 g/mol. The van der Waals surface area contributed by atoms with E-state index in [2.05, 4.69) is 5.32 Å². The Kier molecular flexibility index (Phi) is 4.69. The summed E-state index contributed by atoms with van der Waals surface area (Å²) < 4.78 is 25.5. The lowest BCUT2D eigenvalue weighted by Gasteiger charge is -2.24. The second-order valence-corrected chi connectivity index (χ2v) is 3.62. The Morgan fingerprint density at radius 2 is 1.80 bits per heavy atom. The fourth-order valence-electron chi connectivity index (χ4n) is 1.68. The molecule has 2 atom stereocenters. The maximum atomic E-state index is 12.8. The number of alkyl halides is 2. The van der Waals surface area contributed by atoms with Gasteiger partial charge in [0.05, 0.1) is 6.04 Å². The van der Waals surface area contributed by atoms with E-state index in [1.165, 1.54) is 0 Å². The van der Waals surface area contributed by atoms with Crippen molar-refractivity contribution in [2.75, 3.05) is 6.54 Å². The Morgan fingerprint density at radius 1 is 1.20 bits per heavy atom. The molecule has 0 amide bonds. The van der Waals surface area contributed by atoms with Gasteiger partial charge in [-0.25, -0.2) is 8.78 Å². The quantitative estimate of drug-likeness (QED) is 0.792. The van der Waals surface area contributed by atoms with E-state index >= 15 is 0 Å². The van der Waals surface area contributed by atoms with Crippen molar-refractivity contribution < 1.29 is 8.78 Å². The van der Waals surface area contributed by atoms with Crippen molar-refractivity contribution in [2.45, 2.75) is 32.2 Å². The second kappa shape index (κ2) is 5.81. The molecule has 0 aromatic heterocycles. The van der Waals surface area contributed by atoms with Crippen molar-refractivity contribution in [3.63, 3.8) is 0 Å². The molecule has 15 heavy (non-hydrogen) atoms. The molecule has 0 saturated heterocycles. The molecule has 1 aromatic rings. The molecule has 1 nitrogen and oxygen atoms in total. The third-order valence-electron chi connectivity index (χ3n) is 2.58. The van der Waals surface area contributed by atoms with Gasteiger partial charge in [0, 0.05) is 5.92 Å². The fraction of sp³-hybridized carbons (Fsp3) is 0.500. The topological polar surface area (TPSA) is 12.0 Å². The van der Waals surface area contributed by atoms with Crippen molar-refractivity contribution in [3.05, 3.63) is 35.9 Å². The summed E-state index contributed by atoms with van der Waals surface area (Å²) in [4.78, 5) is 0. The van der Waals surface area contributed by atoms with Gasteiger partial charge in [-0.3, -0.25) is 0 Å². The first-order valence-electron chi connectivity index (χ1n) is 5.23. The first kappa shape index (κ1) is 12.1. The average molecular weight is 213 g/mol. The number of likely N-dealkylation sites (N-methyl/N-ethyl adjacent to an activating group) is 1. The molecule has 0 heterocycles. The minimum Gasteiger partial charge on any atom is -0.309 e. The van der Waals surface area contributed by atoms with E-state index in [1.54, 1.807) is 0 Å². The van der Waals surface area contributed by atoms with E-state index in [4.69, 9.17) is 0 Å². The van der Waals surface area contributed by atoms with Gasteiger partial charge in [-0.1, -0.05) is 44.2 Å². The number of nitrogens with one attached hydrogen (secondary N) is 1. The van der Waals surface area contributed by atoms with Crippen LogP contribution >= 0.6 is 0 Å².